The fraction of sp³-hybridized carbons (Fsp3) is 0.500. The van der Waals surface area contributed by atoms with E-state index < -0.39 is 11.2 Å². The molecule has 2 fully saturated rings. The molecule has 1 amide bonds. The Bertz CT molecular complexity index is 1280. The zero-order chi connectivity index (χ0) is 24.1. The van der Waals surface area contributed by atoms with E-state index in [1.54, 1.807) is 11.0 Å². The van der Waals surface area contributed by atoms with E-state index in [4.69, 9.17) is 14.4 Å². The van der Waals surface area contributed by atoms with Crippen molar-refractivity contribution in [2.24, 2.45) is 0 Å². The molecule has 1 unspecified atom stereocenters. The Morgan fingerprint density at radius 1 is 1.17 bits per heavy atom. The van der Waals surface area contributed by atoms with Crippen molar-refractivity contribution in [3.63, 3.8) is 0 Å². The van der Waals surface area contributed by atoms with Crippen molar-refractivity contribution in [1.29, 1.82) is 0 Å². The molecule has 0 bridgehead atoms. The Labute approximate surface area is 205 Å². The molecule has 2 atom stereocenters. The number of nitrogens with one attached hydrogen (secondary N) is 1. The molecule has 2 saturated heterocycles. The van der Waals surface area contributed by atoms with Crippen molar-refractivity contribution >= 4 is 39.9 Å². The van der Waals surface area contributed by atoms with Crippen LogP contribution in [0.15, 0.2) is 27.5 Å². The maximum absolute atomic E-state index is 13.5. The van der Waals surface area contributed by atoms with Gasteiger partial charge in [0, 0.05) is 57.5 Å². The monoisotopic (exact) mass is 498 g/mol. The number of aryl methyl sites for hydroxylation is 1. The Morgan fingerprint density at radius 2 is 2.00 bits per heavy atom. The number of carbonyl (C=O) groups is 1. The number of fused-ring (bicyclic) bond motifs is 2. The first-order chi connectivity index (χ1) is 16.9. The van der Waals surface area contributed by atoms with E-state index in [0.29, 0.717) is 58.8 Å². The molecular formula is C24H27FN6O3S. The number of nitrogens with zero attached hydrogens (tertiary/aromatic N) is 5. The van der Waals surface area contributed by atoms with Gasteiger partial charge in [0.1, 0.15) is 22.8 Å². The second-order valence-electron chi connectivity index (χ2n) is 9.53. The van der Waals surface area contributed by atoms with E-state index >= 15 is 0 Å². The van der Waals surface area contributed by atoms with Crippen molar-refractivity contribution in [2.75, 3.05) is 42.7 Å². The van der Waals surface area contributed by atoms with E-state index in [0.717, 1.165) is 38.0 Å². The van der Waals surface area contributed by atoms with Crippen LogP contribution >= 0.6 is 0 Å². The number of piperidine rings is 2. The predicted molar refractivity (Wildman–Crippen MR) is 129 cm³/mol. The summed E-state index contributed by atoms with van der Waals surface area (Å²) >= 11 is -1.12. The van der Waals surface area contributed by atoms with Gasteiger partial charge in [0.2, 0.25) is 16.8 Å². The first kappa shape index (κ1) is 22.5. The van der Waals surface area contributed by atoms with E-state index in [2.05, 4.69) is 15.2 Å². The topological polar surface area (TPSA) is 110 Å². The Morgan fingerprint density at radius 3 is 2.80 bits per heavy atom. The van der Waals surface area contributed by atoms with Gasteiger partial charge in [0.15, 0.2) is 17.3 Å². The molecule has 0 radical (unpaired) electrons. The first-order valence-electron chi connectivity index (χ1n) is 12.1. The summed E-state index contributed by atoms with van der Waals surface area (Å²) in [4.78, 5) is 30.6. The van der Waals surface area contributed by atoms with Gasteiger partial charge < -0.3 is 24.1 Å². The van der Waals surface area contributed by atoms with E-state index in [9.17, 15) is 13.7 Å². The van der Waals surface area contributed by atoms with Gasteiger partial charge in [-0.2, -0.15) is 4.98 Å². The second-order valence-corrected chi connectivity index (χ2v) is 11.0. The fourth-order valence-electron chi connectivity index (χ4n) is 5.17. The van der Waals surface area contributed by atoms with Crippen molar-refractivity contribution < 1.29 is 18.2 Å². The molecule has 1 N–H and O–H groups in total. The summed E-state index contributed by atoms with van der Waals surface area (Å²) in [7, 11) is 1.81. The molecule has 3 aliphatic heterocycles. The molecule has 2 aromatic heterocycles. The quantitative estimate of drug-likeness (QED) is 0.547. The van der Waals surface area contributed by atoms with E-state index in [-0.39, 0.29) is 23.7 Å². The number of oxazole rings is 1. The summed E-state index contributed by atoms with van der Waals surface area (Å²) in [5, 5.41) is 3.48. The van der Waals surface area contributed by atoms with Crippen LogP contribution in [0.3, 0.4) is 0 Å². The van der Waals surface area contributed by atoms with Crippen LogP contribution in [0.4, 0.5) is 16.2 Å². The average molecular weight is 499 g/mol. The molecule has 5 heterocycles. The average Bonchev–Trinajstić information content (AvgIpc) is 3.45. The lowest BCUT2D eigenvalue weighted by atomic mass is 9.97. The predicted octanol–water partition coefficient (Wildman–Crippen LogP) is 2.84. The highest BCUT2D eigenvalue weighted by Gasteiger charge is 2.35. The molecule has 1 aromatic carbocycles. The number of hydrogen-bond donors (Lipinski definition) is 1. The van der Waals surface area contributed by atoms with Crippen LogP contribution in [-0.4, -0.2) is 68.8 Å². The van der Waals surface area contributed by atoms with Crippen LogP contribution in [0, 0.1) is 5.82 Å². The summed E-state index contributed by atoms with van der Waals surface area (Å²) < 4.78 is 32.1. The number of benzene rings is 1. The lowest BCUT2D eigenvalue weighted by molar-refractivity contribution is -0.132. The zero-order valence-electron chi connectivity index (χ0n) is 19.5. The zero-order valence-corrected chi connectivity index (χ0v) is 20.3. The Balaban J connectivity index is 1.20. The van der Waals surface area contributed by atoms with Gasteiger partial charge in [-0.05, 0) is 42.6 Å². The van der Waals surface area contributed by atoms with Crippen LogP contribution in [0.25, 0.3) is 11.1 Å². The summed E-state index contributed by atoms with van der Waals surface area (Å²) in [6.45, 7) is 2.07. The highest BCUT2D eigenvalue weighted by atomic mass is 32.2. The minimum atomic E-state index is -1.12. The van der Waals surface area contributed by atoms with Crippen molar-refractivity contribution in [3.8, 4) is 0 Å². The highest BCUT2D eigenvalue weighted by molar-refractivity contribution is 7.91. The van der Waals surface area contributed by atoms with Gasteiger partial charge in [-0.25, -0.2) is 14.4 Å². The lowest BCUT2D eigenvalue weighted by Crippen LogP contribution is -2.43. The maximum atomic E-state index is 13.5. The maximum Gasteiger partial charge on any atom is 0.227 e. The molecule has 35 heavy (non-hydrogen) atoms. The van der Waals surface area contributed by atoms with Gasteiger partial charge >= 0.3 is 0 Å². The first-order valence-corrected chi connectivity index (χ1v) is 13.4. The van der Waals surface area contributed by atoms with E-state index in [1.165, 1.54) is 12.1 Å². The molecular weight excluding hydrogens is 471 g/mol. The van der Waals surface area contributed by atoms with Gasteiger partial charge in [-0.15, -0.1) is 0 Å². The number of amides is 1. The Kier molecular flexibility index (Phi) is 5.76. The summed E-state index contributed by atoms with van der Waals surface area (Å²) in [5.41, 5.74) is 1.99. The number of aromatic nitrogens is 3. The van der Waals surface area contributed by atoms with Crippen molar-refractivity contribution in [1.82, 2.24) is 19.9 Å². The summed E-state index contributed by atoms with van der Waals surface area (Å²) in [6.07, 6.45) is 3.53. The van der Waals surface area contributed by atoms with Crippen molar-refractivity contribution in [2.45, 2.75) is 49.0 Å². The molecule has 6 rings (SSSR count). The number of rotatable bonds is 4. The summed E-state index contributed by atoms with van der Waals surface area (Å²) in [6, 6.07) is 4.46. The number of hydrogen-bond acceptors (Lipinski definition) is 8. The standard InChI is InChI=1S/C24H27FN6O3S/c1-30-13-16(3-5-20(30)32)26-22-21-17(8-11-35(21)33)28-24(29-22)31-9-6-14(7-10-31)23-27-18-12-15(25)2-4-19(18)34-23/h2,4,12,14,16H,3,5-11,13H2,1H3,(H,26,28,29)/t16-,35?/m0/s1. The molecule has 0 spiro atoms. The second kappa shape index (κ2) is 8.94. The highest BCUT2D eigenvalue weighted by Crippen LogP contribution is 2.35. The van der Waals surface area contributed by atoms with E-state index in [1.807, 2.05) is 7.05 Å². The molecule has 9 nitrogen and oxygen atoms in total. The lowest BCUT2D eigenvalue weighted by Gasteiger charge is -2.32. The van der Waals surface area contributed by atoms with Crippen LogP contribution in [0.1, 0.15) is 43.2 Å². The molecule has 184 valence electrons. The smallest absolute Gasteiger partial charge is 0.227 e. The van der Waals surface area contributed by atoms with Gasteiger partial charge in [-0.1, -0.05) is 0 Å². The molecule has 0 aliphatic carbocycles. The van der Waals surface area contributed by atoms with Crippen LogP contribution in [0.5, 0.6) is 0 Å². The normalized spacial score (nSPS) is 23.2. The molecule has 0 saturated carbocycles. The van der Waals surface area contributed by atoms with Gasteiger partial charge in [0.25, 0.3) is 0 Å². The van der Waals surface area contributed by atoms with Crippen LogP contribution < -0.4 is 10.2 Å². The minimum Gasteiger partial charge on any atom is -0.611 e. The number of carbonyl (C=O) groups excluding carboxylic acids is 1. The van der Waals surface area contributed by atoms with Crippen molar-refractivity contribution in [3.05, 3.63) is 35.6 Å². The molecule has 11 heteroatoms. The van der Waals surface area contributed by atoms with Crippen LogP contribution in [0.2, 0.25) is 0 Å². The number of halogens is 1. The third kappa shape index (κ3) is 4.31. The van der Waals surface area contributed by atoms with Crippen LogP contribution in [-0.2, 0) is 22.4 Å². The van der Waals surface area contributed by atoms with Gasteiger partial charge in [0.05, 0.1) is 0 Å². The SMILES string of the molecule is CN1C[C@@H](Nc2nc(N3CCC(c4nc5cc(F)ccc5o4)CC3)nc3c2[S+]([O-])CC3)CCC1=O. The fourth-order valence-corrected chi connectivity index (χ4v) is 6.48. The number of likely N-dealkylation sites (N-methyl/N-ethyl adjacent to an activating group) is 1. The molecule has 3 aromatic rings. The minimum absolute atomic E-state index is 0.0666. The summed E-state index contributed by atoms with van der Waals surface area (Å²) in [5.74, 6) is 2.46. The van der Waals surface area contributed by atoms with Gasteiger partial charge in [-0.3, -0.25) is 4.79 Å². The molecule has 3 aliphatic rings. The third-order valence-corrected chi connectivity index (χ3v) is 8.60. The largest absolute Gasteiger partial charge is 0.611 e. The number of likely N-dealkylation sites (tertiary alicyclic amines) is 1. The third-order valence-electron chi connectivity index (χ3n) is 7.14. The number of anilines is 2. The Hall–Kier alpha value is -2.92.